The molecule has 174 valence electrons. The van der Waals surface area contributed by atoms with Gasteiger partial charge in [0.25, 0.3) is 0 Å². The van der Waals surface area contributed by atoms with Crippen LogP contribution in [-0.4, -0.2) is 34.6 Å². The van der Waals surface area contributed by atoms with Crippen LogP contribution in [0, 0.1) is 11.6 Å². The van der Waals surface area contributed by atoms with E-state index in [9.17, 15) is 13.6 Å². The third kappa shape index (κ3) is 5.22. The highest BCUT2D eigenvalue weighted by atomic mass is 35.5. The van der Waals surface area contributed by atoms with Crippen LogP contribution < -0.4 is 5.32 Å². The van der Waals surface area contributed by atoms with Crippen molar-refractivity contribution in [3.8, 4) is 0 Å². The van der Waals surface area contributed by atoms with Gasteiger partial charge >= 0.3 is 5.97 Å². The zero-order chi connectivity index (χ0) is 24.2. The summed E-state index contributed by atoms with van der Waals surface area (Å²) in [5.41, 5.74) is 0.867. The van der Waals surface area contributed by atoms with E-state index in [-0.39, 0.29) is 27.9 Å². The monoisotopic (exact) mass is 520 g/mol. The van der Waals surface area contributed by atoms with Gasteiger partial charge in [-0.3, -0.25) is 9.98 Å². The molecule has 1 unspecified atom stereocenters. The second kappa shape index (κ2) is 10.5. The van der Waals surface area contributed by atoms with Crippen LogP contribution >= 0.6 is 35.0 Å². The van der Waals surface area contributed by atoms with Crippen LogP contribution in [0.1, 0.15) is 17.3 Å². The predicted octanol–water partition coefficient (Wildman–Crippen LogP) is 5.37. The number of aliphatic imine (C=N–C) groups is 1. The number of nitrogens with zero attached hydrogens (tertiary/aromatic N) is 3. The maximum Gasteiger partial charge on any atom is 0.338 e. The molecule has 2 aromatic heterocycles. The number of nitrogens with one attached hydrogen (secondary N) is 1. The molecule has 0 radical (unpaired) electrons. The molecule has 3 aromatic rings. The van der Waals surface area contributed by atoms with Crippen LogP contribution in [0.25, 0.3) is 0 Å². The molecule has 1 aliphatic rings. The number of carbonyl (C=O) groups is 1. The number of esters is 1. The van der Waals surface area contributed by atoms with Crippen molar-refractivity contribution in [1.29, 1.82) is 0 Å². The Bertz CT molecular complexity index is 1310. The minimum Gasteiger partial charge on any atom is -0.466 e. The third-order valence-corrected chi connectivity index (χ3v) is 6.45. The topological polar surface area (TPSA) is 76.5 Å². The fourth-order valence-electron chi connectivity index (χ4n) is 3.31. The highest BCUT2D eigenvalue weighted by Gasteiger charge is 2.34. The van der Waals surface area contributed by atoms with E-state index in [2.05, 4.69) is 20.3 Å². The number of pyridine rings is 2. The summed E-state index contributed by atoms with van der Waals surface area (Å²) in [7, 11) is 1.25. The number of carbonyl (C=O) groups excluding carboxylic acids is 1. The smallest absolute Gasteiger partial charge is 0.338 e. The fourth-order valence-corrected chi connectivity index (χ4v) is 4.67. The van der Waals surface area contributed by atoms with Gasteiger partial charge in [0, 0.05) is 50.4 Å². The van der Waals surface area contributed by atoms with Gasteiger partial charge in [-0.1, -0.05) is 29.3 Å². The maximum atomic E-state index is 14.6. The molecule has 34 heavy (non-hydrogen) atoms. The number of amidine groups is 1. The van der Waals surface area contributed by atoms with Crippen LogP contribution in [-0.2, 0) is 9.53 Å². The molecular formula is C23H16Cl2F2N4O2S. The molecule has 0 spiro atoms. The molecule has 0 saturated heterocycles. The van der Waals surface area contributed by atoms with E-state index in [0.717, 1.165) is 11.1 Å². The zero-order valence-electron chi connectivity index (χ0n) is 17.6. The van der Waals surface area contributed by atoms with Crippen molar-refractivity contribution in [3.05, 3.63) is 99.2 Å². The average molecular weight is 521 g/mol. The van der Waals surface area contributed by atoms with Gasteiger partial charge in [0.2, 0.25) is 0 Å². The second-order valence-electron chi connectivity index (χ2n) is 7.01. The summed E-state index contributed by atoms with van der Waals surface area (Å²) in [5.74, 6) is -2.07. The quantitative estimate of drug-likeness (QED) is 0.347. The van der Waals surface area contributed by atoms with Crippen molar-refractivity contribution in [2.24, 2.45) is 4.99 Å². The molecule has 4 rings (SSSR count). The Morgan fingerprint density at radius 2 is 1.94 bits per heavy atom. The molecule has 0 aliphatic carbocycles. The van der Waals surface area contributed by atoms with Crippen molar-refractivity contribution in [1.82, 2.24) is 15.3 Å². The molecule has 0 saturated carbocycles. The van der Waals surface area contributed by atoms with E-state index in [1.54, 1.807) is 24.5 Å². The minimum absolute atomic E-state index is 0.0199. The molecule has 0 amide bonds. The second-order valence-corrected chi connectivity index (χ2v) is 8.90. The molecule has 3 heterocycles. The zero-order valence-corrected chi connectivity index (χ0v) is 19.9. The summed E-state index contributed by atoms with van der Waals surface area (Å²) in [6, 6.07) is 8.15. The summed E-state index contributed by atoms with van der Waals surface area (Å²) in [4.78, 5) is 26.2. The molecule has 6 nitrogen and oxygen atoms in total. The van der Waals surface area contributed by atoms with E-state index in [1.807, 2.05) is 12.1 Å². The first kappa shape index (κ1) is 24.1. The molecule has 1 N–H and O–H groups in total. The number of thioether (sulfide) groups is 1. The molecular weight excluding hydrogens is 505 g/mol. The summed E-state index contributed by atoms with van der Waals surface area (Å²) in [6.45, 7) is 0. The van der Waals surface area contributed by atoms with Crippen molar-refractivity contribution in [2.75, 3.05) is 12.9 Å². The summed E-state index contributed by atoms with van der Waals surface area (Å²) >= 11 is 13.9. The Hall–Kier alpha value is -3.01. The van der Waals surface area contributed by atoms with Gasteiger partial charge in [0.05, 0.1) is 18.9 Å². The van der Waals surface area contributed by atoms with E-state index in [4.69, 9.17) is 27.9 Å². The third-order valence-electron chi connectivity index (χ3n) is 4.85. The van der Waals surface area contributed by atoms with Gasteiger partial charge < -0.3 is 10.1 Å². The average Bonchev–Trinajstić information content (AvgIpc) is 2.82. The molecule has 1 atom stereocenters. The number of aromatic nitrogens is 2. The standard InChI is InChI=1S/C23H16Cl2F2N4O2S/c1-33-23(32)19-18(11-34-14-4-6-28-7-5-14)30-22(21-17(27)9-13(26)10-29-21)31-20(19)15-3-2-12(24)8-16(15)25/h2-10,20H,11H2,1H3,(H,30,31). The highest BCUT2D eigenvalue weighted by Crippen LogP contribution is 2.38. The SMILES string of the molecule is COC(=O)C1=C(CSc2ccncc2)NC(c2ncc(F)cc2F)=NC1c1ccc(Cl)cc1Cl. The first-order valence-electron chi connectivity index (χ1n) is 9.82. The Morgan fingerprint density at radius 1 is 1.18 bits per heavy atom. The number of hydrogen-bond donors (Lipinski definition) is 1. The first-order chi connectivity index (χ1) is 16.4. The number of hydrogen-bond acceptors (Lipinski definition) is 7. The lowest BCUT2D eigenvalue weighted by Gasteiger charge is -2.27. The van der Waals surface area contributed by atoms with Crippen molar-refractivity contribution in [3.63, 3.8) is 0 Å². The molecule has 1 aromatic carbocycles. The number of ether oxygens (including phenoxy) is 1. The molecule has 0 fully saturated rings. The van der Waals surface area contributed by atoms with E-state index >= 15 is 0 Å². The fraction of sp³-hybridized carbons (Fsp3) is 0.130. The van der Waals surface area contributed by atoms with Crippen LogP contribution in [0.15, 0.2) is 76.1 Å². The highest BCUT2D eigenvalue weighted by molar-refractivity contribution is 7.99. The van der Waals surface area contributed by atoms with Crippen LogP contribution in [0.4, 0.5) is 8.78 Å². The summed E-state index contributed by atoms with van der Waals surface area (Å²) in [6.07, 6.45) is 4.18. The summed E-state index contributed by atoms with van der Waals surface area (Å²) in [5, 5.41) is 3.65. The number of benzene rings is 1. The van der Waals surface area contributed by atoms with Crippen LogP contribution in [0.5, 0.6) is 0 Å². The van der Waals surface area contributed by atoms with E-state index in [1.165, 1.54) is 24.9 Å². The number of methoxy groups -OCH3 is 1. The van der Waals surface area contributed by atoms with Gasteiger partial charge in [-0.25, -0.2) is 18.6 Å². The lowest BCUT2D eigenvalue weighted by atomic mass is 9.95. The number of halogens is 4. The first-order valence-corrected chi connectivity index (χ1v) is 11.6. The van der Waals surface area contributed by atoms with E-state index in [0.29, 0.717) is 22.3 Å². The van der Waals surface area contributed by atoms with E-state index < -0.39 is 23.6 Å². The van der Waals surface area contributed by atoms with Gasteiger partial charge in [-0.15, -0.1) is 11.8 Å². The van der Waals surface area contributed by atoms with Crippen LogP contribution in [0.2, 0.25) is 10.0 Å². The lowest BCUT2D eigenvalue weighted by molar-refractivity contribution is -0.136. The van der Waals surface area contributed by atoms with Gasteiger partial charge in [0.1, 0.15) is 17.6 Å². The van der Waals surface area contributed by atoms with Gasteiger partial charge in [-0.2, -0.15) is 0 Å². The Kier molecular flexibility index (Phi) is 7.45. The molecule has 0 bridgehead atoms. The van der Waals surface area contributed by atoms with Crippen molar-refractivity contribution in [2.45, 2.75) is 10.9 Å². The summed E-state index contributed by atoms with van der Waals surface area (Å²) < 4.78 is 33.1. The predicted molar refractivity (Wildman–Crippen MR) is 127 cm³/mol. The van der Waals surface area contributed by atoms with Crippen LogP contribution in [0.3, 0.4) is 0 Å². The maximum absolute atomic E-state index is 14.6. The van der Waals surface area contributed by atoms with Crippen molar-refractivity contribution >= 4 is 46.8 Å². The van der Waals surface area contributed by atoms with Crippen molar-refractivity contribution < 1.29 is 18.3 Å². The Morgan fingerprint density at radius 3 is 2.62 bits per heavy atom. The minimum atomic E-state index is -0.951. The molecule has 11 heteroatoms. The number of rotatable bonds is 6. The largest absolute Gasteiger partial charge is 0.466 e. The Balaban J connectivity index is 1.85. The van der Waals surface area contributed by atoms with Gasteiger partial charge in [0.15, 0.2) is 11.7 Å². The lowest BCUT2D eigenvalue weighted by Crippen LogP contribution is -2.35. The normalized spacial score (nSPS) is 15.6. The van der Waals surface area contributed by atoms with Gasteiger partial charge in [-0.05, 0) is 24.3 Å². The molecule has 1 aliphatic heterocycles. The Labute approximate surface area is 208 Å².